The highest BCUT2D eigenvalue weighted by Crippen LogP contribution is 2.39. The maximum absolute atomic E-state index is 14.2. The second-order valence-corrected chi connectivity index (χ2v) is 22.5. The zero-order chi connectivity index (χ0) is 59.4. The molecule has 5 aromatic rings. The van der Waals surface area contributed by atoms with Crippen molar-refractivity contribution in [3.05, 3.63) is 118 Å². The number of nitrogens with one attached hydrogen (secondary N) is 3. The number of hydrogen-bond acceptors (Lipinski definition) is 15. The number of halogens is 4. The van der Waals surface area contributed by atoms with Crippen molar-refractivity contribution in [3.8, 4) is 23.6 Å². The number of nitrogens with zero attached hydrogens (tertiary/aromatic N) is 10. The van der Waals surface area contributed by atoms with Gasteiger partial charge in [-0.25, -0.2) is 0 Å². The quantitative estimate of drug-likeness (QED) is 0.0383. The van der Waals surface area contributed by atoms with E-state index in [0.717, 1.165) is 50.1 Å². The minimum Gasteiger partial charge on any atom is -0.508 e. The summed E-state index contributed by atoms with van der Waals surface area (Å²) in [6.07, 6.45) is -0.749. The van der Waals surface area contributed by atoms with Gasteiger partial charge in [0.05, 0.1) is 41.4 Å². The number of alkyl halides is 3. The predicted octanol–water partition coefficient (Wildman–Crippen LogP) is 7.81. The van der Waals surface area contributed by atoms with Gasteiger partial charge in [0.1, 0.15) is 36.3 Å². The fourth-order valence-electron chi connectivity index (χ4n) is 11.8. The number of anilines is 3. The van der Waals surface area contributed by atoms with Gasteiger partial charge in [-0.15, -0.1) is 0 Å². The molecular formula is C60H69ClF3N13O6. The molecule has 0 saturated carbocycles. The van der Waals surface area contributed by atoms with E-state index in [1.165, 1.54) is 12.1 Å². The molecule has 0 radical (unpaired) electrons. The molecule has 0 unspecified atom stereocenters. The van der Waals surface area contributed by atoms with Gasteiger partial charge in [-0.2, -0.15) is 28.4 Å². The SMILES string of the molecule is C=CC(=O)N1CCN(c2nc(OC[C@@H]3C[C@@H](N(C)C(=O)C4CCN(Cc5ccc(N(C(=N)C(=O)NCC(F)(F)F)C(=N)c6cc(C(C)C)c(O)cc6O)cc5)CC4)CN3C)nc3c2CCN(c2cccc4cccc(Cl)c24)C3)C[C@@H]1CC#N. The maximum atomic E-state index is 14.2. The van der Waals surface area contributed by atoms with E-state index in [9.17, 15) is 43.0 Å². The summed E-state index contributed by atoms with van der Waals surface area (Å²) < 4.78 is 45.8. The Kier molecular flexibility index (Phi) is 18.1. The van der Waals surface area contributed by atoms with Gasteiger partial charge in [-0.1, -0.05) is 68.4 Å². The molecule has 1 aromatic heterocycles. The molecule has 4 aromatic carbocycles. The van der Waals surface area contributed by atoms with Crippen molar-refractivity contribution in [2.75, 3.05) is 87.8 Å². The summed E-state index contributed by atoms with van der Waals surface area (Å²) in [4.78, 5) is 63.4. The van der Waals surface area contributed by atoms with Crippen LogP contribution in [0.1, 0.15) is 73.4 Å². The zero-order valence-corrected chi connectivity index (χ0v) is 47.7. The Bertz CT molecular complexity index is 3330. The molecule has 4 aliphatic rings. The number of aromatic nitrogens is 2. The molecule has 4 aliphatic heterocycles. The summed E-state index contributed by atoms with van der Waals surface area (Å²) in [7, 11) is 3.88. The number of carbonyl (C=O) groups is 3. The first-order valence-electron chi connectivity index (χ1n) is 27.8. The number of likely N-dealkylation sites (tertiary alicyclic amines) is 2. The third-order valence-electron chi connectivity index (χ3n) is 16.4. The average Bonchev–Trinajstić information content (AvgIpc) is 3.56. The van der Waals surface area contributed by atoms with E-state index >= 15 is 0 Å². The maximum Gasteiger partial charge on any atom is 0.405 e. The van der Waals surface area contributed by atoms with Gasteiger partial charge in [0, 0.05) is 92.7 Å². The molecule has 0 spiro atoms. The smallest absolute Gasteiger partial charge is 0.405 e. The van der Waals surface area contributed by atoms with Crippen LogP contribution in [0.15, 0.2) is 85.5 Å². The number of amides is 3. The van der Waals surface area contributed by atoms with Gasteiger partial charge in [0.2, 0.25) is 11.8 Å². The molecule has 23 heteroatoms. The van der Waals surface area contributed by atoms with E-state index in [0.29, 0.717) is 95.2 Å². The van der Waals surface area contributed by atoms with Crippen molar-refractivity contribution in [2.45, 2.75) is 89.3 Å². The molecule has 83 heavy (non-hydrogen) atoms. The number of piperidine rings is 1. The summed E-state index contributed by atoms with van der Waals surface area (Å²) >= 11 is 6.81. The molecule has 3 saturated heterocycles. The largest absolute Gasteiger partial charge is 0.508 e. The molecule has 0 bridgehead atoms. The van der Waals surface area contributed by atoms with Crippen LogP contribution in [0.4, 0.5) is 30.4 Å². The Morgan fingerprint density at radius 1 is 0.964 bits per heavy atom. The Hall–Kier alpha value is -8.00. The van der Waals surface area contributed by atoms with Gasteiger partial charge in [-0.05, 0) is 105 Å². The number of piperazine rings is 1. The lowest BCUT2D eigenvalue weighted by atomic mass is 9.94. The molecule has 19 nitrogen and oxygen atoms in total. The summed E-state index contributed by atoms with van der Waals surface area (Å²) in [6, 6.07) is 23.0. The standard InChI is InChI=1S/C60H69ClF3N13O6/c1-6-52(80)76-26-25-75(32-41(76)17-21-65)56-44-20-24-74(49-12-8-10-38-9-7-11-47(61)53(38)49)33-48(44)69-59(70-56)83-34-43-27-42(31-71(43)4)72(5)58(82)39-18-22-73(23-19-39)30-37-13-15-40(16-14-37)77(55(67)57(81)68-35-60(62,63)64)54(66)46-28-45(36(2)3)50(78)29-51(46)79/h6-16,28-29,36,39,41-43,66-67,78-79H,1,17-20,22-27,30-35H2,2-5H3,(H,68,81)/t41-,42+,43-/m0/s1. The lowest BCUT2D eigenvalue weighted by Crippen LogP contribution is -2.55. The van der Waals surface area contributed by atoms with Crippen LogP contribution in [0, 0.1) is 28.1 Å². The van der Waals surface area contributed by atoms with Crippen molar-refractivity contribution in [2.24, 2.45) is 5.92 Å². The number of ether oxygens (including phenoxy) is 1. The topological polar surface area (TPSA) is 233 Å². The number of fused-ring (bicyclic) bond motifs is 2. The number of carbonyl (C=O) groups excluding carboxylic acids is 3. The highest BCUT2D eigenvalue weighted by Gasteiger charge is 2.39. The number of nitriles is 1. The Balaban J connectivity index is 0.834. The molecule has 3 fully saturated rings. The second kappa shape index (κ2) is 25.2. The molecule has 9 rings (SSSR count). The van der Waals surface area contributed by atoms with Gasteiger partial charge >= 0.3 is 12.2 Å². The summed E-state index contributed by atoms with van der Waals surface area (Å²) in [5.41, 5.74) is 3.98. The van der Waals surface area contributed by atoms with Gasteiger partial charge in [0.15, 0.2) is 5.84 Å². The number of phenols is 2. The van der Waals surface area contributed by atoms with Crippen molar-refractivity contribution in [1.29, 1.82) is 16.1 Å². The number of hydrogen-bond donors (Lipinski definition) is 5. The van der Waals surface area contributed by atoms with E-state index in [1.807, 2.05) is 49.3 Å². The Morgan fingerprint density at radius 2 is 1.69 bits per heavy atom. The number of phenolic OH excluding ortho intramolecular Hbond substituents is 2. The normalized spacial score (nSPS) is 18.8. The molecule has 3 amide bonds. The monoisotopic (exact) mass is 1160 g/mol. The van der Waals surface area contributed by atoms with Gasteiger partial charge in [0.25, 0.3) is 5.91 Å². The summed E-state index contributed by atoms with van der Waals surface area (Å²) in [5.74, 6) is -3.55. The fraction of sp³-hybridized carbons (Fsp3) is 0.433. The average molecular weight is 1160 g/mol. The Morgan fingerprint density at radius 3 is 2.37 bits per heavy atom. The second-order valence-electron chi connectivity index (χ2n) is 22.1. The van der Waals surface area contributed by atoms with E-state index in [4.69, 9.17) is 37.1 Å². The van der Waals surface area contributed by atoms with Crippen LogP contribution in [0.3, 0.4) is 0 Å². The first kappa shape index (κ1) is 59.6. The van der Waals surface area contributed by atoms with Crippen LogP contribution in [-0.4, -0.2) is 167 Å². The van der Waals surface area contributed by atoms with Crippen LogP contribution in [0.5, 0.6) is 17.5 Å². The molecule has 5 heterocycles. The highest BCUT2D eigenvalue weighted by atomic mass is 35.5. The molecule has 5 N–H and O–H groups in total. The van der Waals surface area contributed by atoms with E-state index in [1.54, 1.807) is 48.3 Å². The van der Waals surface area contributed by atoms with E-state index in [2.05, 4.69) is 38.3 Å². The lowest BCUT2D eigenvalue weighted by molar-refractivity contribution is -0.137. The van der Waals surface area contributed by atoms with Crippen LogP contribution in [0.2, 0.25) is 5.02 Å². The number of benzene rings is 4. The Labute approximate surface area is 485 Å². The van der Waals surface area contributed by atoms with Crippen molar-refractivity contribution < 1.29 is 42.5 Å². The summed E-state index contributed by atoms with van der Waals surface area (Å²) in [5, 5.41) is 53.0. The third kappa shape index (κ3) is 13.3. The highest BCUT2D eigenvalue weighted by molar-refractivity contribution is 6.48. The van der Waals surface area contributed by atoms with Crippen molar-refractivity contribution >= 4 is 69.0 Å². The third-order valence-corrected chi connectivity index (χ3v) is 16.7. The molecule has 438 valence electrons. The molecule has 0 aliphatic carbocycles. The van der Waals surface area contributed by atoms with Crippen LogP contribution >= 0.6 is 11.6 Å². The molecule has 3 atom stereocenters. The summed E-state index contributed by atoms with van der Waals surface area (Å²) in [6.45, 7) is 10.7. The number of rotatable bonds is 15. The van der Waals surface area contributed by atoms with E-state index in [-0.39, 0.29) is 77.8 Å². The van der Waals surface area contributed by atoms with Crippen molar-refractivity contribution in [1.82, 2.24) is 34.9 Å². The van der Waals surface area contributed by atoms with Gasteiger partial charge in [-0.3, -0.25) is 39.9 Å². The first-order chi connectivity index (χ1) is 39.6. The number of likely N-dealkylation sites (N-methyl/N-ethyl adjacent to an activating group) is 2. The molecular weight excluding hydrogens is 1090 g/mol. The zero-order valence-electron chi connectivity index (χ0n) is 46.9. The fourth-order valence-corrected chi connectivity index (χ4v) is 12.1. The number of aromatic hydroxyl groups is 2. The van der Waals surface area contributed by atoms with Gasteiger partial charge < -0.3 is 39.9 Å². The van der Waals surface area contributed by atoms with Crippen LogP contribution < -0.4 is 24.8 Å². The van der Waals surface area contributed by atoms with Crippen molar-refractivity contribution in [3.63, 3.8) is 0 Å². The minimum absolute atomic E-state index is 0.0538. The van der Waals surface area contributed by atoms with E-state index < -0.39 is 36.0 Å². The predicted molar refractivity (Wildman–Crippen MR) is 311 cm³/mol. The number of amidine groups is 2. The minimum atomic E-state index is -4.75. The van der Waals surface area contributed by atoms with Crippen LogP contribution in [0.25, 0.3) is 10.8 Å². The first-order valence-corrected chi connectivity index (χ1v) is 28.2. The lowest BCUT2D eigenvalue weighted by Gasteiger charge is -2.42. The van der Waals surface area contributed by atoms with Crippen LogP contribution in [-0.2, 0) is 33.9 Å².